The molecular formula is C50H59NS. The van der Waals surface area contributed by atoms with Gasteiger partial charge in [0.05, 0.1) is 16.7 Å². The Morgan fingerprint density at radius 3 is 1.37 bits per heavy atom. The van der Waals surface area contributed by atoms with Gasteiger partial charge in [0.15, 0.2) is 0 Å². The van der Waals surface area contributed by atoms with Crippen molar-refractivity contribution in [2.24, 2.45) is 0 Å². The number of rotatable bonds is 2. The Bertz CT molecular complexity index is 2410. The summed E-state index contributed by atoms with van der Waals surface area (Å²) in [6.45, 7) is 35.1. The van der Waals surface area contributed by atoms with E-state index in [0.29, 0.717) is 0 Å². The molecule has 52 heavy (non-hydrogen) atoms. The zero-order chi connectivity index (χ0) is 37.9. The third-order valence-electron chi connectivity index (χ3n) is 11.1. The molecule has 0 N–H and O–H groups in total. The van der Waals surface area contributed by atoms with Gasteiger partial charge in [0.1, 0.15) is 0 Å². The first kappa shape index (κ1) is 36.5. The summed E-state index contributed by atoms with van der Waals surface area (Å²) in [6.07, 6.45) is 0. The molecule has 0 spiro atoms. The third-order valence-corrected chi connectivity index (χ3v) is 12.2. The molecule has 0 unspecified atom stereocenters. The van der Waals surface area contributed by atoms with Crippen LogP contribution in [0.25, 0.3) is 58.8 Å². The van der Waals surface area contributed by atoms with E-state index >= 15 is 0 Å². The molecule has 0 radical (unpaired) electrons. The van der Waals surface area contributed by atoms with Crippen LogP contribution in [-0.2, 0) is 27.1 Å². The molecule has 0 aliphatic carbocycles. The average Bonchev–Trinajstić information content (AvgIpc) is 3.57. The average molecular weight is 706 g/mol. The van der Waals surface area contributed by atoms with Gasteiger partial charge in [0, 0.05) is 30.9 Å². The Hall–Kier alpha value is -3.88. The first-order valence-corrected chi connectivity index (χ1v) is 20.0. The van der Waals surface area contributed by atoms with Crippen LogP contribution in [0.4, 0.5) is 0 Å². The van der Waals surface area contributed by atoms with E-state index in [1.165, 1.54) is 86.6 Å². The van der Waals surface area contributed by atoms with Crippen molar-refractivity contribution in [2.75, 3.05) is 0 Å². The first-order chi connectivity index (χ1) is 23.9. The topological polar surface area (TPSA) is 4.93 Å². The Kier molecular flexibility index (Phi) is 8.29. The second-order valence-electron chi connectivity index (χ2n) is 20.5. The predicted octanol–water partition coefficient (Wildman–Crippen LogP) is 15.3. The molecule has 0 bridgehead atoms. The minimum atomic E-state index is -0.126. The molecule has 0 saturated heterocycles. The molecule has 0 fully saturated rings. The highest BCUT2D eigenvalue weighted by Gasteiger charge is 2.29. The maximum atomic E-state index is 2.58. The van der Waals surface area contributed by atoms with E-state index in [1.54, 1.807) is 0 Å². The van der Waals surface area contributed by atoms with Crippen LogP contribution in [0.2, 0.25) is 0 Å². The number of aromatic nitrogens is 1. The summed E-state index contributed by atoms with van der Waals surface area (Å²) < 4.78 is 5.28. The van der Waals surface area contributed by atoms with Crippen molar-refractivity contribution in [3.8, 4) is 16.8 Å². The fraction of sp³-hybridized carbons (Fsp3) is 0.400. The zero-order valence-corrected chi connectivity index (χ0v) is 35.3. The molecular weight excluding hydrogens is 647 g/mol. The SMILES string of the molecule is CC(C)(C)c1cc(-c2cccc3sc4ccc(-n5c6ccc(C(C)(C)C)cc6c6cc(C(C)(C)C)ccc65)c(C(C)(C)C)c4c23)cc(C(C)(C)C)c1. The molecule has 0 aliphatic rings. The van der Waals surface area contributed by atoms with Gasteiger partial charge in [-0.05, 0) is 108 Å². The molecule has 270 valence electrons. The first-order valence-electron chi connectivity index (χ1n) is 19.2. The highest BCUT2D eigenvalue weighted by atomic mass is 32.1. The Morgan fingerprint density at radius 1 is 0.423 bits per heavy atom. The summed E-state index contributed by atoms with van der Waals surface area (Å²) in [5.74, 6) is 0. The maximum Gasteiger partial charge on any atom is 0.0541 e. The lowest BCUT2D eigenvalue weighted by molar-refractivity contribution is 0.569. The summed E-state index contributed by atoms with van der Waals surface area (Å²) in [4.78, 5) is 0. The van der Waals surface area contributed by atoms with E-state index < -0.39 is 0 Å². The summed E-state index contributed by atoms with van der Waals surface area (Å²) in [5.41, 5.74) is 13.5. The van der Waals surface area contributed by atoms with E-state index in [9.17, 15) is 0 Å². The normalized spacial score (nSPS) is 13.7. The highest BCUT2D eigenvalue weighted by molar-refractivity contribution is 7.26. The number of thiophene rings is 1. The molecule has 7 rings (SSSR count). The largest absolute Gasteiger partial charge is 0.309 e. The van der Waals surface area contributed by atoms with Crippen molar-refractivity contribution >= 4 is 53.3 Å². The predicted molar refractivity (Wildman–Crippen MR) is 233 cm³/mol. The van der Waals surface area contributed by atoms with Crippen molar-refractivity contribution in [3.63, 3.8) is 0 Å². The highest BCUT2D eigenvalue weighted by Crippen LogP contribution is 2.49. The second-order valence-corrected chi connectivity index (χ2v) is 21.5. The smallest absolute Gasteiger partial charge is 0.0541 e. The molecule has 1 nitrogen and oxygen atoms in total. The number of benzene rings is 5. The molecule has 2 aromatic heterocycles. The molecule has 0 aliphatic heterocycles. The Morgan fingerprint density at radius 2 is 0.904 bits per heavy atom. The Labute approximate surface area is 317 Å². The van der Waals surface area contributed by atoms with Crippen LogP contribution in [0.1, 0.15) is 132 Å². The number of fused-ring (bicyclic) bond motifs is 6. The van der Waals surface area contributed by atoms with Gasteiger partial charge in [0.2, 0.25) is 0 Å². The molecule has 0 atom stereocenters. The zero-order valence-electron chi connectivity index (χ0n) is 34.4. The minimum absolute atomic E-state index is 0.0423. The van der Waals surface area contributed by atoms with Crippen molar-refractivity contribution in [2.45, 2.75) is 131 Å². The standard InChI is InChI=1S/C50H59NS/c1-46(2,3)31-19-21-38-36(28-31)37-29-32(47(4,5)6)20-22-39(37)51(38)40-23-24-42-44(45(40)50(13,14)15)43-35(17-16-18-41(43)52-42)30-25-33(48(7,8)9)27-34(26-30)49(10,11)12/h16-29H,1-15H3. The van der Waals surface area contributed by atoms with Gasteiger partial charge < -0.3 is 4.57 Å². The number of hydrogen-bond donors (Lipinski definition) is 0. The summed E-state index contributed by atoms with van der Waals surface area (Å²) in [6, 6.07) is 33.5. The van der Waals surface area contributed by atoms with E-state index in [1.807, 2.05) is 11.3 Å². The van der Waals surface area contributed by atoms with Crippen LogP contribution in [0, 0.1) is 0 Å². The van der Waals surface area contributed by atoms with Gasteiger partial charge in [-0.1, -0.05) is 146 Å². The van der Waals surface area contributed by atoms with Crippen LogP contribution < -0.4 is 0 Å². The fourth-order valence-corrected chi connectivity index (χ4v) is 9.09. The van der Waals surface area contributed by atoms with Crippen LogP contribution in [-0.4, -0.2) is 4.57 Å². The van der Waals surface area contributed by atoms with E-state index in [-0.39, 0.29) is 27.1 Å². The van der Waals surface area contributed by atoms with Crippen LogP contribution in [0.3, 0.4) is 0 Å². The Balaban J connectivity index is 1.63. The van der Waals surface area contributed by atoms with Crippen molar-refractivity contribution in [1.82, 2.24) is 4.57 Å². The summed E-state index contributed by atoms with van der Waals surface area (Å²) in [7, 11) is 0. The van der Waals surface area contributed by atoms with Gasteiger partial charge in [-0.3, -0.25) is 0 Å². The van der Waals surface area contributed by atoms with E-state index in [2.05, 4.69) is 193 Å². The van der Waals surface area contributed by atoms with Crippen molar-refractivity contribution in [1.29, 1.82) is 0 Å². The van der Waals surface area contributed by atoms with Crippen molar-refractivity contribution < 1.29 is 0 Å². The molecule has 7 aromatic rings. The van der Waals surface area contributed by atoms with Gasteiger partial charge in [-0.15, -0.1) is 11.3 Å². The number of hydrogen-bond acceptors (Lipinski definition) is 1. The lowest BCUT2D eigenvalue weighted by atomic mass is 9.78. The van der Waals surface area contributed by atoms with Crippen molar-refractivity contribution in [3.05, 3.63) is 113 Å². The molecule has 0 amide bonds. The lowest BCUT2D eigenvalue weighted by Crippen LogP contribution is -2.16. The quantitative estimate of drug-likeness (QED) is 0.169. The summed E-state index contributed by atoms with van der Waals surface area (Å²) in [5, 5.41) is 5.44. The van der Waals surface area contributed by atoms with Crippen LogP contribution in [0.5, 0.6) is 0 Å². The maximum absolute atomic E-state index is 2.58. The number of nitrogens with zero attached hydrogens (tertiary/aromatic N) is 1. The summed E-state index contributed by atoms with van der Waals surface area (Å²) >= 11 is 1.93. The van der Waals surface area contributed by atoms with Gasteiger partial charge in [-0.2, -0.15) is 0 Å². The minimum Gasteiger partial charge on any atom is -0.309 e. The monoisotopic (exact) mass is 705 g/mol. The molecule has 2 heterocycles. The van der Waals surface area contributed by atoms with E-state index in [0.717, 1.165) is 0 Å². The fourth-order valence-electron chi connectivity index (χ4n) is 7.95. The molecule has 0 saturated carbocycles. The van der Waals surface area contributed by atoms with Gasteiger partial charge in [-0.25, -0.2) is 0 Å². The van der Waals surface area contributed by atoms with Gasteiger partial charge >= 0.3 is 0 Å². The van der Waals surface area contributed by atoms with Crippen LogP contribution in [0.15, 0.2) is 84.9 Å². The van der Waals surface area contributed by atoms with Crippen LogP contribution >= 0.6 is 11.3 Å². The molecule has 2 heteroatoms. The third kappa shape index (κ3) is 6.19. The van der Waals surface area contributed by atoms with Gasteiger partial charge in [0.25, 0.3) is 0 Å². The second kappa shape index (κ2) is 11.8. The van der Waals surface area contributed by atoms with E-state index in [4.69, 9.17) is 0 Å². The lowest BCUT2D eigenvalue weighted by Gasteiger charge is -2.27. The molecule has 5 aromatic carbocycles.